The van der Waals surface area contributed by atoms with E-state index in [1.165, 1.54) is 0 Å². The van der Waals surface area contributed by atoms with Crippen LogP contribution in [0.2, 0.25) is 0 Å². The van der Waals surface area contributed by atoms with Gasteiger partial charge in [-0.05, 0) is 18.8 Å². The molecule has 1 aliphatic heterocycles. The van der Waals surface area contributed by atoms with Gasteiger partial charge >= 0.3 is 0 Å². The van der Waals surface area contributed by atoms with Gasteiger partial charge < -0.3 is 10.0 Å². The van der Waals surface area contributed by atoms with E-state index in [0.717, 1.165) is 12.8 Å². The van der Waals surface area contributed by atoms with Gasteiger partial charge in [-0.25, -0.2) is 0 Å². The molecule has 2 rings (SSSR count). The minimum Gasteiger partial charge on any atom is -0.386 e. The van der Waals surface area contributed by atoms with Gasteiger partial charge in [-0.2, -0.15) is 0 Å². The maximum Gasteiger partial charge on any atom is 0.236 e. The molecule has 0 spiro atoms. The molecule has 0 bridgehead atoms. The number of likely N-dealkylation sites (tertiary alicyclic amines) is 1. The summed E-state index contributed by atoms with van der Waals surface area (Å²) < 4.78 is 0. The third kappa shape index (κ3) is 2.14. The summed E-state index contributed by atoms with van der Waals surface area (Å²) in [6, 6.07) is 0. The van der Waals surface area contributed by atoms with Gasteiger partial charge in [0.2, 0.25) is 5.91 Å². The molecule has 0 aromatic heterocycles. The molecule has 4 heteroatoms. The number of carbonyl (C=O) groups excluding carboxylic acids is 1. The summed E-state index contributed by atoms with van der Waals surface area (Å²) >= 11 is 0. The van der Waals surface area contributed by atoms with Crippen molar-refractivity contribution in [3.05, 3.63) is 0 Å². The van der Waals surface area contributed by atoms with Crippen molar-refractivity contribution in [3.8, 4) is 12.3 Å². The summed E-state index contributed by atoms with van der Waals surface area (Å²) in [5.74, 6) is 2.87. The third-order valence-corrected chi connectivity index (χ3v) is 3.12. The van der Waals surface area contributed by atoms with Crippen LogP contribution in [0.25, 0.3) is 0 Å². The third-order valence-electron chi connectivity index (χ3n) is 3.12. The maximum atomic E-state index is 11.5. The number of β-amino-alcohol motifs (C(OH)–C–C–N with tert-alkyl or cyclic N) is 1. The zero-order chi connectivity index (χ0) is 10.9. The first-order valence-electron chi connectivity index (χ1n) is 5.30. The van der Waals surface area contributed by atoms with Crippen LogP contribution in [0.3, 0.4) is 0 Å². The molecule has 82 valence electrons. The van der Waals surface area contributed by atoms with Crippen LogP contribution >= 0.6 is 0 Å². The smallest absolute Gasteiger partial charge is 0.236 e. The summed E-state index contributed by atoms with van der Waals surface area (Å²) in [6.45, 7) is 1.67. The number of terminal acetylenes is 1. The summed E-state index contributed by atoms with van der Waals surface area (Å²) in [7, 11) is 0. The lowest BCUT2D eigenvalue weighted by Crippen LogP contribution is -2.65. The molecule has 1 heterocycles. The van der Waals surface area contributed by atoms with Gasteiger partial charge in [0.15, 0.2) is 0 Å². The highest BCUT2D eigenvalue weighted by atomic mass is 16.3. The van der Waals surface area contributed by atoms with Crippen LogP contribution in [-0.4, -0.2) is 47.7 Å². The van der Waals surface area contributed by atoms with E-state index in [9.17, 15) is 9.90 Å². The summed E-state index contributed by atoms with van der Waals surface area (Å²) in [6.07, 6.45) is 7.26. The molecular weight excluding hydrogens is 192 g/mol. The Balaban J connectivity index is 1.69. The van der Waals surface area contributed by atoms with Gasteiger partial charge in [-0.15, -0.1) is 6.42 Å². The van der Waals surface area contributed by atoms with Crippen LogP contribution in [0, 0.1) is 18.3 Å². The molecular formula is C11H16N2O2. The van der Waals surface area contributed by atoms with Crippen molar-refractivity contribution in [2.24, 2.45) is 5.92 Å². The zero-order valence-electron chi connectivity index (χ0n) is 8.70. The second-order valence-electron chi connectivity index (χ2n) is 4.44. The first kappa shape index (κ1) is 10.5. The number of amides is 1. The van der Waals surface area contributed by atoms with Gasteiger partial charge in [0.05, 0.1) is 26.2 Å². The summed E-state index contributed by atoms with van der Waals surface area (Å²) in [5.41, 5.74) is -0.582. The number of hydrogen-bond donors (Lipinski definition) is 2. The molecule has 2 N–H and O–H groups in total. The number of aliphatic hydroxyl groups is 1. The molecule has 2 aliphatic rings. The molecule has 0 radical (unpaired) electrons. The van der Waals surface area contributed by atoms with Crippen molar-refractivity contribution in [2.75, 3.05) is 26.2 Å². The minimum atomic E-state index is -0.582. The number of carbonyl (C=O) groups is 1. The van der Waals surface area contributed by atoms with E-state index < -0.39 is 5.60 Å². The van der Waals surface area contributed by atoms with Gasteiger partial charge in [0.25, 0.3) is 0 Å². The first-order valence-corrected chi connectivity index (χ1v) is 5.30. The number of rotatable bonds is 4. The van der Waals surface area contributed by atoms with E-state index in [1.54, 1.807) is 4.90 Å². The van der Waals surface area contributed by atoms with Crippen molar-refractivity contribution < 1.29 is 9.90 Å². The Morgan fingerprint density at radius 2 is 2.27 bits per heavy atom. The fourth-order valence-corrected chi connectivity index (χ4v) is 2.02. The average molecular weight is 208 g/mol. The Hall–Kier alpha value is -1.05. The zero-order valence-corrected chi connectivity index (χ0v) is 8.70. The molecule has 0 atom stereocenters. The molecule has 1 amide bonds. The Kier molecular flexibility index (Phi) is 2.68. The predicted octanol–water partition coefficient (Wildman–Crippen LogP) is -0.807. The van der Waals surface area contributed by atoms with Gasteiger partial charge in [0, 0.05) is 0 Å². The van der Waals surface area contributed by atoms with Crippen molar-refractivity contribution in [1.29, 1.82) is 0 Å². The van der Waals surface area contributed by atoms with Gasteiger partial charge in [0.1, 0.15) is 5.60 Å². The van der Waals surface area contributed by atoms with Crippen LogP contribution < -0.4 is 5.32 Å². The van der Waals surface area contributed by atoms with E-state index in [2.05, 4.69) is 11.2 Å². The monoisotopic (exact) mass is 208 g/mol. The van der Waals surface area contributed by atoms with E-state index in [4.69, 9.17) is 6.42 Å². The fourth-order valence-electron chi connectivity index (χ4n) is 2.02. The van der Waals surface area contributed by atoms with E-state index in [0.29, 0.717) is 25.6 Å². The second kappa shape index (κ2) is 3.84. The van der Waals surface area contributed by atoms with Crippen molar-refractivity contribution in [3.63, 3.8) is 0 Å². The highest BCUT2D eigenvalue weighted by Gasteiger charge is 2.52. The Morgan fingerprint density at radius 3 is 2.80 bits per heavy atom. The molecule has 0 aromatic rings. The second-order valence-corrected chi connectivity index (χ2v) is 4.44. The number of nitrogens with one attached hydrogen (secondary N) is 1. The standard InChI is InChI=1S/C11H16N2O2/c1-2-5-12-6-10(14)13-7-11(15,8-13)9-3-4-9/h1,9,12,15H,3-8H2. The SMILES string of the molecule is C#CCNCC(=O)N1CC(O)(C2CC2)C1. The Labute approximate surface area is 89.6 Å². The van der Waals surface area contributed by atoms with Crippen molar-refractivity contribution in [1.82, 2.24) is 10.2 Å². The van der Waals surface area contributed by atoms with E-state index in [1.807, 2.05) is 0 Å². The van der Waals surface area contributed by atoms with Gasteiger partial charge in [-0.1, -0.05) is 5.92 Å². The van der Waals surface area contributed by atoms with Crippen molar-refractivity contribution >= 4 is 5.91 Å². The molecule has 1 aliphatic carbocycles. The fraction of sp³-hybridized carbons (Fsp3) is 0.727. The van der Waals surface area contributed by atoms with Crippen LogP contribution in [-0.2, 0) is 4.79 Å². The number of hydrogen-bond acceptors (Lipinski definition) is 3. The van der Waals surface area contributed by atoms with Crippen LogP contribution in [0.15, 0.2) is 0 Å². The van der Waals surface area contributed by atoms with Crippen LogP contribution in [0.4, 0.5) is 0 Å². The molecule has 1 saturated carbocycles. The minimum absolute atomic E-state index is 0.0237. The van der Waals surface area contributed by atoms with Crippen molar-refractivity contribution in [2.45, 2.75) is 18.4 Å². The van der Waals surface area contributed by atoms with E-state index in [-0.39, 0.29) is 12.5 Å². The van der Waals surface area contributed by atoms with Crippen LogP contribution in [0.5, 0.6) is 0 Å². The quantitative estimate of drug-likeness (QED) is 0.469. The largest absolute Gasteiger partial charge is 0.386 e. The Bertz CT molecular complexity index is 298. The van der Waals surface area contributed by atoms with Crippen LogP contribution in [0.1, 0.15) is 12.8 Å². The maximum absolute atomic E-state index is 11.5. The van der Waals surface area contributed by atoms with E-state index >= 15 is 0 Å². The normalized spacial score (nSPS) is 23.1. The predicted molar refractivity (Wildman–Crippen MR) is 56.0 cm³/mol. The summed E-state index contributed by atoms with van der Waals surface area (Å²) in [4.78, 5) is 13.2. The highest BCUT2D eigenvalue weighted by Crippen LogP contribution is 2.44. The molecule has 1 saturated heterocycles. The number of nitrogens with zero attached hydrogens (tertiary/aromatic N) is 1. The molecule has 2 fully saturated rings. The lowest BCUT2D eigenvalue weighted by Gasteiger charge is -2.47. The first-order chi connectivity index (χ1) is 7.15. The molecule has 15 heavy (non-hydrogen) atoms. The molecule has 0 unspecified atom stereocenters. The summed E-state index contributed by atoms with van der Waals surface area (Å²) in [5, 5.41) is 12.8. The molecule has 0 aromatic carbocycles. The highest BCUT2D eigenvalue weighted by molar-refractivity contribution is 5.79. The molecule has 4 nitrogen and oxygen atoms in total. The average Bonchev–Trinajstić information content (AvgIpc) is 2.96. The lowest BCUT2D eigenvalue weighted by atomic mass is 9.89. The topological polar surface area (TPSA) is 52.6 Å². The van der Waals surface area contributed by atoms with Gasteiger partial charge in [-0.3, -0.25) is 10.1 Å². The Morgan fingerprint density at radius 1 is 1.60 bits per heavy atom. The lowest BCUT2D eigenvalue weighted by molar-refractivity contribution is -0.158.